The molecule has 4 nitrogen and oxygen atoms in total. The maximum absolute atomic E-state index is 14.0. The zero-order chi connectivity index (χ0) is 19.0. The van der Waals surface area contributed by atoms with Gasteiger partial charge in [-0.25, -0.2) is 8.78 Å². The molecule has 0 radical (unpaired) electrons. The molecule has 2 aliphatic rings. The highest BCUT2D eigenvalue weighted by atomic mass is 19.1. The lowest BCUT2D eigenvalue weighted by Crippen LogP contribution is -2.41. The maximum Gasteiger partial charge on any atom is 0.244 e. The maximum atomic E-state index is 14.0. The molecule has 0 bridgehead atoms. The van der Waals surface area contributed by atoms with Gasteiger partial charge in [0.25, 0.3) is 0 Å². The summed E-state index contributed by atoms with van der Waals surface area (Å²) in [6.07, 6.45) is 3.57. The third-order valence-electron chi connectivity index (χ3n) is 5.38. The first-order valence-electron chi connectivity index (χ1n) is 9.18. The van der Waals surface area contributed by atoms with Crippen LogP contribution in [0.4, 0.5) is 14.5 Å². The van der Waals surface area contributed by atoms with Crippen LogP contribution in [-0.2, 0) is 9.59 Å². The van der Waals surface area contributed by atoms with Crippen molar-refractivity contribution in [3.05, 3.63) is 65.2 Å². The number of benzene rings is 2. The highest BCUT2D eigenvalue weighted by Crippen LogP contribution is 2.38. The van der Waals surface area contributed by atoms with Gasteiger partial charge in [-0.05, 0) is 48.7 Å². The van der Waals surface area contributed by atoms with Crippen molar-refractivity contribution in [3.63, 3.8) is 0 Å². The number of hydrogen-bond donors (Lipinski definition) is 1. The zero-order valence-electron chi connectivity index (χ0n) is 14.8. The second kappa shape index (κ2) is 7.10. The lowest BCUT2D eigenvalue weighted by atomic mass is 9.94. The van der Waals surface area contributed by atoms with Crippen LogP contribution in [0, 0.1) is 17.6 Å². The number of hydrogen-bond acceptors (Lipinski definition) is 2. The van der Waals surface area contributed by atoms with Crippen molar-refractivity contribution in [2.45, 2.75) is 31.7 Å². The fourth-order valence-electron chi connectivity index (χ4n) is 4.09. The lowest BCUT2D eigenvalue weighted by Gasteiger charge is -2.32. The van der Waals surface area contributed by atoms with E-state index in [0.29, 0.717) is 16.8 Å². The largest absolute Gasteiger partial charge is 0.324 e. The average molecular weight is 370 g/mol. The molecule has 1 saturated carbocycles. The summed E-state index contributed by atoms with van der Waals surface area (Å²) in [4.78, 5) is 27.2. The molecule has 2 amide bonds. The Morgan fingerprint density at radius 1 is 1.00 bits per heavy atom. The van der Waals surface area contributed by atoms with Gasteiger partial charge in [0.05, 0.1) is 6.04 Å². The summed E-state index contributed by atoms with van der Waals surface area (Å²) in [6.45, 7) is -0.117. The number of carbonyl (C=O) groups is 2. The molecule has 1 aliphatic carbocycles. The molecule has 1 atom stereocenters. The Kier molecular flexibility index (Phi) is 4.64. The predicted octanol–water partition coefficient (Wildman–Crippen LogP) is 4.03. The number of nitrogens with one attached hydrogen (secondary N) is 1. The molecule has 1 heterocycles. The summed E-state index contributed by atoms with van der Waals surface area (Å²) in [7, 11) is 0. The Hall–Kier alpha value is -2.76. The van der Waals surface area contributed by atoms with E-state index < -0.39 is 17.7 Å². The molecular weight excluding hydrogens is 350 g/mol. The van der Waals surface area contributed by atoms with Crippen LogP contribution in [0.1, 0.15) is 42.9 Å². The van der Waals surface area contributed by atoms with Gasteiger partial charge in [-0.1, -0.05) is 25.0 Å². The minimum Gasteiger partial charge on any atom is -0.324 e. The molecular formula is C21H20F2N2O2. The Labute approximate surface area is 156 Å². The summed E-state index contributed by atoms with van der Waals surface area (Å²) in [5, 5.41) is 2.76. The van der Waals surface area contributed by atoms with Gasteiger partial charge < -0.3 is 10.2 Å². The number of carbonyl (C=O) groups excluding carboxylic acids is 2. The lowest BCUT2D eigenvalue weighted by molar-refractivity contribution is -0.139. The standard InChI is InChI=1S/C21H20F2N2O2/c22-15-7-5-13(6-8-15)20-17-11-16(23)9-10-18(17)24-19(26)12-25(20)21(27)14-3-1-2-4-14/h5-11,14,20H,1-4,12H2,(H,24,26). The molecule has 4 rings (SSSR count). The summed E-state index contributed by atoms with van der Waals surface area (Å²) in [5.74, 6) is -1.40. The van der Waals surface area contributed by atoms with Gasteiger partial charge in [-0.2, -0.15) is 0 Å². The Balaban J connectivity index is 1.85. The van der Waals surface area contributed by atoms with E-state index in [2.05, 4.69) is 5.32 Å². The summed E-state index contributed by atoms with van der Waals surface area (Å²) in [5.41, 5.74) is 1.61. The third-order valence-corrected chi connectivity index (χ3v) is 5.38. The van der Waals surface area contributed by atoms with Crippen LogP contribution in [0.2, 0.25) is 0 Å². The van der Waals surface area contributed by atoms with Crippen molar-refractivity contribution >= 4 is 17.5 Å². The van der Waals surface area contributed by atoms with Crippen LogP contribution in [0.5, 0.6) is 0 Å². The predicted molar refractivity (Wildman–Crippen MR) is 96.9 cm³/mol. The summed E-state index contributed by atoms with van der Waals surface area (Å²) >= 11 is 0. The van der Waals surface area contributed by atoms with Gasteiger partial charge in [0.2, 0.25) is 11.8 Å². The van der Waals surface area contributed by atoms with Crippen LogP contribution in [-0.4, -0.2) is 23.3 Å². The molecule has 0 saturated heterocycles. The molecule has 0 spiro atoms. The minimum atomic E-state index is -0.650. The molecule has 0 aromatic heterocycles. The highest BCUT2D eigenvalue weighted by molar-refractivity contribution is 5.97. The molecule has 27 heavy (non-hydrogen) atoms. The molecule has 1 aliphatic heterocycles. The molecule has 2 aromatic carbocycles. The van der Waals surface area contributed by atoms with Crippen LogP contribution >= 0.6 is 0 Å². The number of nitrogens with zero attached hydrogens (tertiary/aromatic N) is 1. The first-order chi connectivity index (χ1) is 13.0. The van der Waals surface area contributed by atoms with Gasteiger partial charge in [0, 0.05) is 17.2 Å². The topological polar surface area (TPSA) is 49.4 Å². The van der Waals surface area contributed by atoms with E-state index in [1.807, 2.05) is 0 Å². The van der Waals surface area contributed by atoms with E-state index in [0.717, 1.165) is 25.7 Å². The van der Waals surface area contributed by atoms with E-state index >= 15 is 0 Å². The van der Waals surface area contributed by atoms with Gasteiger partial charge in [-0.3, -0.25) is 9.59 Å². The molecule has 1 N–H and O–H groups in total. The first kappa shape index (κ1) is 17.6. The number of anilines is 1. The van der Waals surface area contributed by atoms with Gasteiger partial charge >= 0.3 is 0 Å². The van der Waals surface area contributed by atoms with E-state index in [1.54, 1.807) is 12.1 Å². The van der Waals surface area contributed by atoms with Gasteiger partial charge in [-0.15, -0.1) is 0 Å². The van der Waals surface area contributed by atoms with Crippen molar-refractivity contribution in [2.75, 3.05) is 11.9 Å². The minimum absolute atomic E-state index is 0.103. The molecule has 1 fully saturated rings. The van der Waals surface area contributed by atoms with Crippen molar-refractivity contribution in [1.29, 1.82) is 0 Å². The summed E-state index contributed by atoms with van der Waals surface area (Å²) < 4.78 is 27.5. The number of halogens is 2. The van der Waals surface area contributed by atoms with E-state index in [1.165, 1.54) is 35.2 Å². The van der Waals surface area contributed by atoms with Crippen LogP contribution in [0.15, 0.2) is 42.5 Å². The van der Waals surface area contributed by atoms with E-state index in [4.69, 9.17) is 0 Å². The number of amides is 2. The summed E-state index contributed by atoms with van der Waals surface area (Å²) in [6, 6.07) is 9.25. The van der Waals surface area contributed by atoms with Crippen molar-refractivity contribution < 1.29 is 18.4 Å². The second-order valence-electron chi connectivity index (χ2n) is 7.18. The Morgan fingerprint density at radius 2 is 1.67 bits per heavy atom. The van der Waals surface area contributed by atoms with Crippen LogP contribution in [0.3, 0.4) is 0 Å². The Bertz CT molecular complexity index is 876. The van der Waals surface area contributed by atoms with Crippen LogP contribution < -0.4 is 5.32 Å². The highest BCUT2D eigenvalue weighted by Gasteiger charge is 2.37. The average Bonchev–Trinajstić information content (AvgIpc) is 3.14. The van der Waals surface area contributed by atoms with Gasteiger partial charge in [0.15, 0.2) is 0 Å². The SMILES string of the molecule is O=C1CN(C(=O)C2CCCC2)C(c2ccc(F)cc2)c2cc(F)ccc2N1. The fraction of sp³-hybridized carbons (Fsp3) is 0.333. The molecule has 6 heteroatoms. The van der Waals surface area contributed by atoms with Crippen molar-refractivity contribution in [3.8, 4) is 0 Å². The Morgan fingerprint density at radius 3 is 2.37 bits per heavy atom. The van der Waals surface area contributed by atoms with Gasteiger partial charge in [0.1, 0.15) is 18.2 Å². The van der Waals surface area contributed by atoms with Crippen molar-refractivity contribution in [1.82, 2.24) is 4.90 Å². The fourth-order valence-corrected chi connectivity index (χ4v) is 4.09. The number of rotatable bonds is 2. The first-order valence-corrected chi connectivity index (χ1v) is 9.18. The molecule has 140 valence electrons. The van der Waals surface area contributed by atoms with Crippen LogP contribution in [0.25, 0.3) is 0 Å². The third kappa shape index (κ3) is 3.44. The number of fused-ring (bicyclic) bond motifs is 1. The normalized spacial score (nSPS) is 20.1. The van der Waals surface area contributed by atoms with E-state index in [9.17, 15) is 18.4 Å². The molecule has 1 unspecified atom stereocenters. The van der Waals surface area contributed by atoms with Crippen molar-refractivity contribution in [2.24, 2.45) is 5.92 Å². The molecule has 2 aromatic rings. The quantitative estimate of drug-likeness (QED) is 0.868. The zero-order valence-corrected chi connectivity index (χ0v) is 14.8. The van der Waals surface area contributed by atoms with E-state index in [-0.39, 0.29) is 24.3 Å². The second-order valence-corrected chi connectivity index (χ2v) is 7.18. The monoisotopic (exact) mass is 370 g/mol. The smallest absolute Gasteiger partial charge is 0.244 e.